The van der Waals surface area contributed by atoms with Gasteiger partial charge in [-0.25, -0.2) is 4.98 Å². The Bertz CT molecular complexity index is 1240. The lowest BCUT2D eigenvalue weighted by molar-refractivity contribution is 0.102. The van der Waals surface area contributed by atoms with Crippen molar-refractivity contribution in [1.29, 1.82) is 0 Å². The summed E-state index contributed by atoms with van der Waals surface area (Å²) in [7, 11) is 0. The number of oxazole rings is 1. The summed E-state index contributed by atoms with van der Waals surface area (Å²) in [5, 5.41) is 13.2. The molecular formula is C24H22N2O4. The summed E-state index contributed by atoms with van der Waals surface area (Å²) in [5.41, 5.74) is 4.86. The number of aryl methyl sites for hydroxylation is 2. The van der Waals surface area contributed by atoms with Crippen LogP contribution in [0.3, 0.4) is 0 Å². The lowest BCUT2D eigenvalue weighted by Gasteiger charge is -2.09. The normalized spacial score (nSPS) is 10.9. The molecule has 0 radical (unpaired) electrons. The van der Waals surface area contributed by atoms with E-state index in [4.69, 9.17) is 9.15 Å². The minimum absolute atomic E-state index is 0.0206. The number of nitrogens with zero attached hydrogens (tertiary/aromatic N) is 1. The van der Waals surface area contributed by atoms with E-state index < -0.39 is 0 Å². The van der Waals surface area contributed by atoms with Crippen molar-refractivity contribution in [2.45, 2.75) is 20.8 Å². The molecular weight excluding hydrogens is 380 g/mol. The van der Waals surface area contributed by atoms with Gasteiger partial charge in [-0.2, -0.15) is 0 Å². The van der Waals surface area contributed by atoms with E-state index in [0.29, 0.717) is 40.6 Å². The number of anilines is 1. The first-order valence-electron chi connectivity index (χ1n) is 9.70. The molecule has 2 N–H and O–H groups in total. The number of hydrogen-bond donors (Lipinski definition) is 2. The van der Waals surface area contributed by atoms with E-state index in [-0.39, 0.29) is 11.7 Å². The fourth-order valence-electron chi connectivity index (χ4n) is 3.37. The second-order valence-corrected chi connectivity index (χ2v) is 7.10. The fourth-order valence-corrected chi connectivity index (χ4v) is 3.37. The van der Waals surface area contributed by atoms with Gasteiger partial charge in [-0.3, -0.25) is 4.79 Å². The molecule has 3 aromatic carbocycles. The number of phenolic OH excluding ortho intramolecular Hbond substituents is 1. The predicted molar refractivity (Wildman–Crippen MR) is 116 cm³/mol. The molecule has 0 aliphatic carbocycles. The zero-order valence-electron chi connectivity index (χ0n) is 17.0. The lowest BCUT2D eigenvalue weighted by atomic mass is 10.1. The fraction of sp³-hybridized carbons (Fsp3) is 0.167. The second kappa shape index (κ2) is 7.91. The van der Waals surface area contributed by atoms with Crippen molar-refractivity contribution in [1.82, 2.24) is 4.98 Å². The van der Waals surface area contributed by atoms with E-state index >= 15 is 0 Å². The van der Waals surface area contributed by atoms with Gasteiger partial charge in [-0.15, -0.1) is 0 Å². The van der Waals surface area contributed by atoms with E-state index in [0.717, 1.165) is 16.6 Å². The number of nitrogens with one attached hydrogen (secondary N) is 1. The second-order valence-electron chi connectivity index (χ2n) is 7.10. The van der Waals surface area contributed by atoms with Gasteiger partial charge >= 0.3 is 0 Å². The Kier molecular flexibility index (Phi) is 5.14. The number of fused-ring (bicyclic) bond motifs is 1. The van der Waals surface area contributed by atoms with Crippen LogP contribution in [0.1, 0.15) is 28.4 Å². The van der Waals surface area contributed by atoms with Gasteiger partial charge in [0.2, 0.25) is 5.89 Å². The minimum atomic E-state index is -0.280. The summed E-state index contributed by atoms with van der Waals surface area (Å²) in [5.74, 6) is 0.670. The number of aromatic hydroxyl groups is 1. The van der Waals surface area contributed by atoms with Gasteiger partial charge in [0.05, 0.1) is 12.2 Å². The van der Waals surface area contributed by atoms with Gasteiger partial charge in [0.25, 0.3) is 5.91 Å². The average molecular weight is 402 g/mol. The third-order valence-corrected chi connectivity index (χ3v) is 4.71. The molecule has 0 atom stereocenters. The monoisotopic (exact) mass is 402 g/mol. The van der Waals surface area contributed by atoms with Crippen LogP contribution in [0, 0.1) is 13.8 Å². The summed E-state index contributed by atoms with van der Waals surface area (Å²) in [6, 6.07) is 15.7. The van der Waals surface area contributed by atoms with Crippen LogP contribution in [-0.2, 0) is 0 Å². The first kappa shape index (κ1) is 19.5. The van der Waals surface area contributed by atoms with Crippen molar-refractivity contribution in [3.8, 4) is 23.0 Å². The molecule has 0 spiro atoms. The number of phenols is 1. The van der Waals surface area contributed by atoms with Crippen LogP contribution in [-0.4, -0.2) is 22.6 Å². The zero-order valence-corrected chi connectivity index (χ0v) is 17.0. The summed E-state index contributed by atoms with van der Waals surface area (Å²) in [6.45, 7) is 6.36. The van der Waals surface area contributed by atoms with Crippen LogP contribution in [0.2, 0.25) is 0 Å². The van der Waals surface area contributed by atoms with Crippen molar-refractivity contribution in [2.24, 2.45) is 0 Å². The third-order valence-electron chi connectivity index (χ3n) is 4.71. The summed E-state index contributed by atoms with van der Waals surface area (Å²) in [6.07, 6.45) is 0. The standard InChI is InChI=1S/C24H22N2O4/c1-4-29-18-7-5-6-16(12-18)23(28)25-17-8-9-21(27)19(13-17)24-26-20-11-14(2)10-15(3)22(20)30-24/h5-13,27H,4H2,1-3H3,(H,25,28). The molecule has 0 aliphatic heterocycles. The van der Waals surface area contributed by atoms with Crippen LogP contribution < -0.4 is 10.1 Å². The van der Waals surface area contributed by atoms with Crippen LogP contribution in [0.4, 0.5) is 5.69 Å². The highest BCUT2D eigenvalue weighted by Crippen LogP contribution is 2.34. The molecule has 6 nitrogen and oxygen atoms in total. The smallest absolute Gasteiger partial charge is 0.255 e. The summed E-state index contributed by atoms with van der Waals surface area (Å²) in [4.78, 5) is 17.2. The number of carbonyl (C=O) groups excluding carboxylic acids is 1. The highest BCUT2D eigenvalue weighted by molar-refractivity contribution is 6.04. The van der Waals surface area contributed by atoms with Crippen LogP contribution in [0.15, 0.2) is 59.0 Å². The number of rotatable bonds is 5. The average Bonchev–Trinajstić information content (AvgIpc) is 3.14. The molecule has 6 heteroatoms. The molecule has 1 amide bonds. The van der Waals surface area contributed by atoms with Crippen LogP contribution >= 0.6 is 0 Å². The van der Waals surface area contributed by atoms with Crippen molar-refractivity contribution >= 4 is 22.7 Å². The Morgan fingerprint density at radius 2 is 1.97 bits per heavy atom. The number of hydrogen-bond acceptors (Lipinski definition) is 5. The quantitative estimate of drug-likeness (QED) is 0.433. The van der Waals surface area contributed by atoms with E-state index in [1.807, 2.05) is 32.9 Å². The van der Waals surface area contributed by atoms with Crippen molar-refractivity contribution in [3.05, 3.63) is 71.3 Å². The lowest BCUT2D eigenvalue weighted by Crippen LogP contribution is -2.12. The van der Waals surface area contributed by atoms with E-state index in [1.54, 1.807) is 36.4 Å². The first-order chi connectivity index (χ1) is 14.4. The van der Waals surface area contributed by atoms with Crippen LogP contribution in [0.5, 0.6) is 11.5 Å². The van der Waals surface area contributed by atoms with E-state index in [9.17, 15) is 9.90 Å². The molecule has 30 heavy (non-hydrogen) atoms. The third kappa shape index (κ3) is 3.85. The number of benzene rings is 3. The van der Waals surface area contributed by atoms with Gasteiger partial charge in [0.15, 0.2) is 5.58 Å². The summed E-state index contributed by atoms with van der Waals surface area (Å²) >= 11 is 0. The van der Waals surface area contributed by atoms with Gasteiger partial charge in [0, 0.05) is 11.3 Å². The maximum absolute atomic E-state index is 12.7. The van der Waals surface area contributed by atoms with Crippen molar-refractivity contribution in [3.63, 3.8) is 0 Å². The van der Waals surface area contributed by atoms with E-state index in [2.05, 4.69) is 10.3 Å². The maximum atomic E-state index is 12.7. The van der Waals surface area contributed by atoms with Crippen LogP contribution in [0.25, 0.3) is 22.6 Å². The highest BCUT2D eigenvalue weighted by Gasteiger charge is 2.16. The Morgan fingerprint density at radius 1 is 1.13 bits per heavy atom. The highest BCUT2D eigenvalue weighted by atomic mass is 16.5. The zero-order chi connectivity index (χ0) is 21.3. The number of ether oxygens (including phenoxy) is 1. The molecule has 0 fully saturated rings. The SMILES string of the molecule is CCOc1cccc(C(=O)Nc2ccc(O)c(-c3nc4cc(C)cc(C)c4o3)c2)c1. The topological polar surface area (TPSA) is 84.6 Å². The van der Waals surface area contributed by atoms with Gasteiger partial charge in [0.1, 0.15) is 17.0 Å². The van der Waals surface area contributed by atoms with Gasteiger partial charge in [-0.1, -0.05) is 12.1 Å². The summed E-state index contributed by atoms with van der Waals surface area (Å²) < 4.78 is 11.4. The van der Waals surface area contributed by atoms with Crippen molar-refractivity contribution < 1.29 is 19.1 Å². The molecule has 0 bridgehead atoms. The Labute approximate surface area is 174 Å². The molecule has 152 valence electrons. The molecule has 0 saturated heterocycles. The molecule has 1 aromatic heterocycles. The molecule has 0 unspecified atom stereocenters. The molecule has 4 aromatic rings. The molecule has 4 rings (SSSR count). The van der Waals surface area contributed by atoms with E-state index in [1.165, 1.54) is 6.07 Å². The maximum Gasteiger partial charge on any atom is 0.255 e. The number of amides is 1. The molecule has 0 saturated carbocycles. The first-order valence-corrected chi connectivity index (χ1v) is 9.70. The van der Waals surface area contributed by atoms with Crippen molar-refractivity contribution in [2.75, 3.05) is 11.9 Å². The number of aromatic nitrogens is 1. The Morgan fingerprint density at radius 3 is 2.77 bits per heavy atom. The van der Waals surface area contributed by atoms with Gasteiger partial charge in [-0.05, 0) is 74.4 Å². The molecule has 0 aliphatic rings. The number of carbonyl (C=O) groups is 1. The molecule has 1 heterocycles. The Hall–Kier alpha value is -3.80. The predicted octanol–water partition coefficient (Wildman–Crippen LogP) is 5.47. The van der Waals surface area contributed by atoms with Gasteiger partial charge < -0.3 is 19.6 Å². The largest absolute Gasteiger partial charge is 0.507 e. The minimum Gasteiger partial charge on any atom is -0.507 e. The Balaban J connectivity index is 1.65.